The smallest absolute Gasteiger partial charge is 0.153 e. The molecule has 0 spiro atoms. The summed E-state index contributed by atoms with van der Waals surface area (Å²) in [7, 11) is 3.27. The van der Waals surface area contributed by atoms with Crippen LogP contribution in [0.3, 0.4) is 0 Å². The number of hydrogen-bond acceptors (Lipinski definition) is 5. The van der Waals surface area contributed by atoms with Crippen LogP contribution >= 0.6 is 27.5 Å². The number of aromatic nitrogens is 3. The molecule has 138 valence electrons. The first-order chi connectivity index (χ1) is 13.1. The van der Waals surface area contributed by atoms with Gasteiger partial charge in [0, 0.05) is 22.6 Å². The maximum atomic E-state index is 6.25. The Morgan fingerprint density at radius 2 is 2.00 bits per heavy atom. The molecule has 0 saturated heterocycles. The third kappa shape index (κ3) is 3.28. The fourth-order valence-corrected chi connectivity index (χ4v) is 3.44. The van der Waals surface area contributed by atoms with Crippen molar-refractivity contribution in [2.24, 2.45) is 0 Å². The number of imidazole rings is 1. The lowest BCUT2D eigenvalue weighted by atomic mass is 10.2. The van der Waals surface area contributed by atoms with Gasteiger partial charge in [0.05, 0.1) is 42.8 Å². The average molecular weight is 448 g/mol. The third-order valence-corrected chi connectivity index (χ3v) is 5.53. The second-order valence-corrected chi connectivity index (χ2v) is 7.16. The Hall–Kier alpha value is -2.51. The molecule has 0 aliphatic carbocycles. The molecule has 0 radical (unpaired) electrons. The van der Waals surface area contributed by atoms with E-state index in [0.717, 1.165) is 43.9 Å². The van der Waals surface area contributed by atoms with E-state index in [1.807, 2.05) is 34.7 Å². The first kappa shape index (κ1) is 17.9. The van der Waals surface area contributed by atoms with E-state index in [1.54, 1.807) is 26.7 Å². The van der Waals surface area contributed by atoms with Gasteiger partial charge in [-0.2, -0.15) is 0 Å². The summed E-state index contributed by atoms with van der Waals surface area (Å²) in [6.07, 6.45) is 3.54. The number of ether oxygens (including phenoxy) is 2. The van der Waals surface area contributed by atoms with Crippen LogP contribution in [0.25, 0.3) is 16.6 Å². The molecule has 2 aromatic carbocycles. The Labute approximate surface area is 169 Å². The number of benzene rings is 2. The summed E-state index contributed by atoms with van der Waals surface area (Å²) in [5.41, 5.74) is 3.57. The lowest BCUT2D eigenvalue weighted by molar-refractivity contribution is 0.391. The van der Waals surface area contributed by atoms with Gasteiger partial charge in [-0.05, 0) is 40.2 Å². The zero-order valence-corrected chi connectivity index (χ0v) is 17.0. The maximum absolute atomic E-state index is 6.25. The number of anilines is 1. The molecule has 2 heterocycles. The first-order valence-electron chi connectivity index (χ1n) is 8.16. The summed E-state index contributed by atoms with van der Waals surface area (Å²) in [5, 5.41) is 3.99. The van der Waals surface area contributed by atoms with E-state index in [2.05, 4.69) is 26.2 Å². The van der Waals surface area contributed by atoms with Crippen LogP contribution in [0, 0.1) is 0 Å². The highest BCUT2D eigenvalue weighted by atomic mass is 79.9. The maximum Gasteiger partial charge on any atom is 0.153 e. The Morgan fingerprint density at radius 3 is 2.78 bits per heavy atom. The van der Waals surface area contributed by atoms with Crippen molar-refractivity contribution < 1.29 is 9.47 Å². The first-order valence-corrected chi connectivity index (χ1v) is 9.33. The van der Waals surface area contributed by atoms with Crippen molar-refractivity contribution in [3.05, 3.63) is 57.9 Å². The molecule has 0 amide bonds. The topological polar surface area (TPSA) is 60.7 Å². The zero-order chi connectivity index (χ0) is 19.0. The predicted octanol–water partition coefficient (Wildman–Crippen LogP) is 4.93. The van der Waals surface area contributed by atoms with Crippen LogP contribution in [0.15, 0.2) is 47.3 Å². The van der Waals surface area contributed by atoms with Crippen LogP contribution in [0.2, 0.25) is 5.02 Å². The Kier molecular flexibility index (Phi) is 4.80. The van der Waals surface area contributed by atoms with Gasteiger partial charge >= 0.3 is 0 Å². The van der Waals surface area contributed by atoms with E-state index < -0.39 is 0 Å². The summed E-state index contributed by atoms with van der Waals surface area (Å²) in [5.74, 6) is 2.22. The van der Waals surface area contributed by atoms with E-state index in [4.69, 9.17) is 26.1 Å². The highest BCUT2D eigenvalue weighted by Crippen LogP contribution is 2.31. The van der Waals surface area contributed by atoms with Crippen molar-refractivity contribution in [3.63, 3.8) is 0 Å². The lowest BCUT2D eigenvalue weighted by Crippen LogP contribution is -2.05. The molecule has 0 fully saturated rings. The molecule has 1 N–H and O–H groups in total. The second-order valence-electron chi connectivity index (χ2n) is 5.90. The molecule has 2 aromatic heterocycles. The molecule has 8 heteroatoms. The summed E-state index contributed by atoms with van der Waals surface area (Å²) >= 11 is 9.71. The van der Waals surface area contributed by atoms with Gasteiger partial charge in [-0.15, -0.1) is 0 Å². The Balaban J connectivity index is 1.73. The highest BCUT2D eigenvalue weighted by molar-refractivity contribution is 9.10. The number of fused-ring (bicyclic) bond motifs is 3. The minimum absolute atomic E-state index is 0.538. The van der Waals surface area contributed by atoms with Crippen molar-refractivity contribution >= 4 is 49.9 Å². The fraction of sp³-hybridized carbons (Fsp3) is 0.158. The van der Waals surface area contributed by atoms with Gasteiger partial charge in [-0.3, -0.25) is 4.40 Å². The molecule has 4 aromatic rings. The van der Waals surface area contributed by atoms with Crippen LogP contribution in [-0.4, -0.2) is 28.6 Å². The van der Waals surface area contributed by atoms with Gasteiger partial charge in [0.15, 0.2) is 5.82 Å². The van der Waals surface area contributed by atoms with E-state index >= 15 is 0 Å². The van der Waals surface area contributed by atoms with Crippen molar-refractivity contribution in [3.8, 4) is 11.5 Å². The van der Waals surface area contributed by atoms with Crippen LogP contribution in [-0.2, 0) is 6.54 Å². The molecule has 4 rings (SSSR count). The molecule has 0 unspecified atom stereocenters. The minimum atomic E-state index is 0.538. The van der Waals surface area contributed by atoms with E-state index in [-0.39, 0.29) is 0 Å². The molecule has 0 atom stereocenters. The molecular formula is C19H16BrClN4O2. The lowest BCUT2D eigenvalue weighted by Gasteiger charge is -2.13. The van der Waals surface area contributed by atoms with Crippen LogP contribution in [0.1, 0.15) is 5.56 Å². The highest BCUT2D eigenvalue weighted by Gasteiger charge is 2.12. The van der Waals surface area contributed by atoms with Crippen molar-refractivity contribution in [2.75, 3.05) is 19.5 Å². The van der Waals surface area contributed by atoms with Crippen molar-refractivity contribution in [1.29, 1.82) is 0 Å². The quantitative estimate of drug-likeness (QED) is 0.470. The summed E-state index contributed by atoms with van der Waals surface area (Å²) in [4.78, 5) is 9.01. The van der Waals surface area contributed by atoms with Crippen LogP contribution in [0.5, 0.6) is 11.5 Å². The van der Waals surface area contributed by atoms with E-state index in [1.165, 1.54) is 0 Å². The number of rotatable bonds is 5. The number of nitrogens with one attached hydrogen (secondary N) is 1. The molecule has 0 aliphatic rings. The minimum Gasteiger partial charge on any atom is -0.497 e. The monoisotopic (exact) mass is 446 g/mol. The summed E-state index contributed by atoms with van der Waals surface area (Å²) in [6, 6.07) is 9.50. The average Bonchev–Trinajstić information content (AvgIpc) is 3.17. The normalized spacial score (nSPS) is 11.1. The molecule has 0 aliphatic heterocycles. The van der Waals surface area contributed by atoms with Crippen molar-refractivity contribution in [2.45, 2.75) is 6.54 Å². The van der Waals surface area contributed by atoms with Crippen molar-refractivity contribution in [1.82, 2.24) is 14.4 Å². The van der Waals surface area contributed by atoms with Gasteiger partial charge in [-0.1, -0.05) is 11.6 Å². The van der Waals surface area contributed by atoms with Gasteiger partial charge < -0.3 is 14.8 Å². The SMILES string of the molecule is COc1ccc(CNc2nc3cc(Cl)c(Br)cc3n3cncc23)c(OC)c1. The van der Waals surface area contributed by atoms with Gasteiger partial charge in [0.1, 0.15) is 17.0 Å². The molecule has 0 bridgehead atoms. The third-order valence-electron chi connectivity index (χ3n) is 4.33. The predicted molar refractivity (Wildman–Crippen MR) is 110 cm³/mol. The Morgan fingerprint density at radius 1 is 1.15 bits per heavy atom. The molecule has 6 nitrogen and oxygen atoms in total. The zero-order valence-electron chi connectivity index (χ0n) is 14.7. The van der Waals surface area contributed by atoms with E-state index in [0.29, 0.717) is 11.6 Å². The molecule has 27 heavy (non-hydrogen) atoms. The summed E-state index contributed by atoms with van der Waals surface area (Å²) in [6.45, 7) is 0.538. The number of halogens is 2. The molecule has 0 saturated carbocycles. The number of methoxy groups -OCH3 is 2. The largest absolute Gasteiger partial charge is 0.497 e. The number of nitrogens with zero attached hydrogens (tertiary/aromatic N) is 3. The van der Waals surface area contributed by atoms with Gasteiger partial charge in [0.25, 0.3) is 0 Å². The van der Waals surface area contributed by atoms with Crippen LogP contribution in [0.4, 0.5) is 5.82 Å². The Bertz CT molecular complexity index is 1150. The molecular weight excluding hydrogens is 432 g/mol. The summed E-state index contributed by atoms with van der Waals surface area (Å²) < 4.78 is 13.5. The van der Waals surface area contributed by atoms with Gasteiger partial charge in [-0.25, -0.2) is 9.97 Å². The second kappa shape index (κ2) is 7.25. The van der Waals surface area contributed by atoms with Gasteiger partial charge in [0.2, 0.25) is 0 Å². The standard InChI is InChI=1S/C19H16BrClN4O2/c1-26-12-4-3-11(18(5-12)27-2)8-23-19-17-9-22-10-25(17)16-6-13(20)14(21)7-15(16)24-19/h3-7,9-10H,8H2,1-2H3,(H,23,24). The number of hydrogen-bond donors (Lipinski definition) is 1. The fourth-order valence-electron chi connectivity index (χ4n) is 2.96. The van der Waals surface area contributed by atoms with Crippen LogP contribution < -0.4 is 14.8 Å². The van der Waals surface area contributed by atoms with E-state index in [9.17, 15) is 0 Å².